The van der Waals surface area contributed by atoms with Crippen LogP contribution in [0.2, 0.25) is 0 Å². The summed E-state index contributed by atoms with van der Waals surface area (Å²) in [5, 5.41) is 0. The third-order valence-electron chi connectivity index (χ3n) is 0.390. The summed E-state index contributed by atoms with van der Waals surface area (Å²) >= 11 is -0.0218. The topological polar surface area (TPSA) is 33.3 Å². The average molecular weight is 228 g/mol. The molecule has 0 saturated carbocycles. The standard InChI is InChI=1S/C4H9IN2O/c1-3-5-4-7-8-6-2/h6-7H,1,4H2,2H3. The number of halogens is 1. The molecule has 0 radical (unpaired) electrons. The summed E-state index contributed by atoms with van der Waals surface area (Å²) < 4.78 is 3.67. The Kier molecular flexibility index (Phi) is 7.50. The molecule has 0 aromatic carbocycles. The fourth-order valence-electron chi connectivity index (χ4n) is 0.174. The smallest absolute Gasteiger partial charge is 0.0768 e. The van der Waals surface area contributed by atoms with Gasteiger partial charge in [0.25, 0.3) is 0 Å². The normalized spacial score (nSPS) is 8.62. The minimum absolute atomic E-state index is 0.0218. The van der Waals surface area contributed by atoms with Crippen molar-refractivity contribution in [2.75, 3.05) is 11.6 Å². The van der Waals surface area contributed by atoms with Crippen LogP contribution in [-0.4, -0.2) is 15.3 Å². The summed E-state index contributed by atoms with van der Waals surface area (Å²) in [6.45, 7) is 3.47. The van der Waals surface area contributed by atoms with Gasteiger partial charge >= 0.3 is 0 Å². The van der Waals surface area contributed by atoms with E-state index in [-0.39, 0.29) is 20.7 Å². The average Bonchev–Trinajstić information content (AvgIpc) is 1.81. The van der Waals surface area contributed by atoms with Crippen LogP contribution < -0.4 is 11.0 Å². The first kappa shape index (κ1) is 8.26. The van der Waals surface area contributed by atoms with Crippen LogP contribution in [0.25, 0.3) is 0 Å². The summed E-state index contributed by atoms with van der Waals surface area (Å²) in [6.07, 6.45) is 0. The van der Waals surface area contributed by atoms with Crippen LogP contribution in [0.5, 0.6) is 0 Å². The molecule has 0 bridgehead atoms. The van der Waals surface area contributed by atoms with Crippen LogP contribution in [-0.2, 0) is 4.94 Å². The van der Waals surface area contributed by atoms with Gasteiger partial charge in [0.05, 0.1) is 4.55 Å². The molecule has 0 aliphatic heterocycles. The number of hydroxylamine groups is 2. The van der Waals surface area contributed by atoms with Gasteiger partial charge in [-0.05, 0) is 0 Å². The van der Waals surface area contributed by atoms with Gasteiger partial charge in [0, 0.05) is 7.05 Å². The van der Waals surface area contributed by atoms with Crippen LogP contribution in [0.15, 0.2) is 6.58 Å². The van der Waals surface area contributed by atoms with Crippen molar-refractivity contribution in [3.63, 3.8) is 0 Å². The Bertz CT molecular complexity index is 90.0. The molecule has 0 unspecified atom stereocenters. The molecule has 0 aliphatic carbocycles. The summed E-state index contributed by atoms with van der Waals surface area (Å²) in [5.74, 6) is 0. The van der Waals surface area contributed by atoms with Crippen molar-refractivity contribution >= 4 is 24.4 Å². The maximum atomic E-state index is 4.60. The first-order valence-electron chi connectivity index (χ1n) is 2.07. The molecule has 0 aromatic rings. The van der Waals surface area contributed by atoms with E-state index in [1.165, 1.54) is 0 Å². The molecule has 0 spiro atoms. The number of hydrogen-bond donors (Lipinski definition) is 2. The van der Waals surface area contributed by atoms with Gasteiger partial charge in [-0.15, -0.1) is 0 Å². The van der Waals surface area contributed by atoms with Crippen molar-refractivity contribution in [1.29, 1.82) is 0 Å². The van der Waals surface area contributed by atoms with E-state index in [1.54, 1.807) is 7.05 Å². The molecule has 0 amide bonds. The SMILES string of the molecule is C=C=ICNONC. The summed E-state index contributed by atoms with van der Waals surface area (Å²) in [6, 6.07) is 0. The second kappa shape index (κ2) is 7.26. The monoisotopic (exact) mass is 228 g/mol. The van der Waals surface area contributed by atoms with Gasteiger partial charge in [0.2, 0.25) is 0 Å². The Labute approximate surface area is 58.8 Å². The molecule has 3 nitrogen and oxygen atoms in total. The number of rotatable bonds is 4. The van der Waals surface area contributed by atoms with E-state index in [0.717, 1.165) is 4.55 Å². The zero-order valence-corrected chi connectivity index (χ0v) is 6.86. The highest BCUT2D eigenvalue weighted by molar-refractivity contribution is 14.2. The second-order valence-electron chi connectivity index (χ2n) is 0.851. The fraction of sp³-hybridized carbons (Fsp3) is 0.500. The molecule has 0 saturated heterocycles. The van der Waals surface area contributed by atoms with E-state index < -0.39 is 0 Å². The third kappa shape index (κ3) is 6.26. The zero-order valence-electron chi connectivity index (χ0n) is 4.70. The lowest BCUT2D eigenvalue weighted by Crippen LogP contribution is -2.20. The highest BCUT2D eigenvalue weighted by Gasteiger charge is 1.73. The largest absolute Gasteiger partial charge is 0.214 e. The van der Waals surface area contributed by atoms with Gasteiger partial charge in [-0.3, -0.25) is 0 Å². The summed E-state index contributed by atoms with van der Waals surface area (Å²) in [5.41, 5.74) is 5.16. The van der Waals surface area contributed by atoms with E-state index in [4.69, 9.17) is 0 Å². The Morgan fingerprint density at radius 1 is 1.88 bits per heavy atom. The van der Waals surface area contributed by atoms with Gasteiger partial charge in [-0.25, -0.2) is 4.94 Å². The quantitative estimate of drug-likeness (QED) is 0.236. The number of hydrogen-bond acceptors (Lipinski definition) is 3. The van der Waals surface area contributed by atoms with Gasteiger partial charge in [0.15, 0.2) is 0 Å². The zero-order chi connectivity index (χ0) is 6.24. The van der Waals surface area contributed by atoms with Gasteiger partial charge in [-0.1, -0.05) is 31.0 Å². The van der Waals surface area contributed by atoms with E-state index in [0.29, 0.717) is 0 Å². The lowest BCUT2D eigenvalue weighted by molar-refractivity contribution is -0.0130. The van der Waals surface area contributed by atoms with Gasteiger partial charge in [0.1, 0.15) is 0 Å². The van der Waals surface area contributed by atoms with Crippen LogP contribution >= 0.6 is 20.7 Å². The molecule has 2 N–H and O–H groups in total. The Balaban J connectivity index is 2.82. The molecule has 0 fully saturated rings. The minimum Gasteiger partial charge on any atom is -0.214 e. The van der Waals surface area contributed by atoms with Crippen LogP contribution in [0.4, 0.5) is 0 Å². The second-order valence-corrected chi connectivity index (χ2v) is 3.14. The third-order valence-corrected chi connectivity index (χ3v) is 1.62. The molecule has 0 aliphatic rings. The molecule has 4 heteroatoms. The Morgan fingerprint density at radius 3 is 3.12 bits per heavy atom. The maximum absolute atomic E-state index is 4.60. The minimum atomic E-state index is -0.0218. The molecule has 0 aromatic heterocycles. The van der Waals surface area contributed by atoms with Crippen molar-refractivity contribution in [3.8, 4) is 0 Å². The van der Waals surface area contributed by atoms with Gasteiger partial charge in [-0.2, -0.15) is 11.0 Å². The van der Waals surface area contributed by atoms with Crippen molar-refractivity contribution in [2.45, 2.75) is 0 Å². The van der Waals surface area contributed by atoms with E-state index in [9.17, 15) is 0 Å². The van der Waals surface area contributed by atoms with Crippen molar-refractivity contribution < 1.29 is 4.94 Å². The number of alkyl halides is 1. The highest BCUT2D eigenvalue weighted by Crippen LogP contribution is 1.83. The predicted molar refractivity (Wildman–Crippen MR) is 42.8 cm³/mol. The summed E-state index contributed by atoms with van der Waals surface area (Å²) in [7, 11) is 1.70. The highest BCUT2D eigenvalue weighted by atomic mass is 127. The van der Waals surface area contributed by atoms with E-state index >= 15 is 0 Å². The fourth-order valence-corrected chi connectivity index (χ4v) is 0.755. The van der Waals surface area contributed by atoms with Crippen LogP contribution in [0, 0.1) is 0 Å². The Morgan fingerprint density at radius 2 is 2.62 bits per heavy atom. The Hall–Kier alpha value is 0.260. The molecule has 0 heterocycles. The lowest BCUT2D eigenvalue weighted by Gasteiger charge is -1.95. The number of nitrogens with one attached hydrogen (secondary N) is 2. The molecule has 0 atom stereocenters. The maximum Gasteiger partial charge on any atom is 0.0768 e. The summed E-state index contributed by atoms with van der Waals surface area (Å²) in [4.78, 5) is 4.60. The van der Waals surface area contributed by atoms with Crippen molar-refractivity contribution in [3.05, 3.63) is 6.58 Å². The van der Waals surface area contributed by atoms with Gasteiger partial charge < -0.3 is 0 Å². The molecular formula is C4H9IN2O. The van der Waals surface area contributed by atoms with E-state index in [1.807, 2.05) is 0 Å². The lowest BCUT2D eigenvalue weighted by atomic mass is 11.3. The predicted octanol–water partition coefficient (Wildman–Crippen LogP) is 0.157. The molecule has 48 valence electrons. The van der Waals surface area contributed by atoms with E-state index in [2.05, 4.69) is 26.1 Å². The molecular weight excluding hydrogens is 219 g/mol. The molecule has 8 heavy (non-hydrogen) atoms. The first-order valence-corrected chi connectivity index (χ1v) is 4.68. The van der Waals surface area contributed by atoms with Crippen molar-refractivity contribution in [2.24, 2.45) is 0 Å². The van der Waals surface area contributed by atoms with Crippen LogP contribution in [0.3, 0.4) is 0 Å². The first-order chi connectivity index (χ1) is 3.91. The van der Waals surface area contributed by atoms with Crippen molar-refractivity contribution in [1.82, 2.24) is 11.0 Å². The molecule has 0 rings (SSSR count). The van der Waals surface area contributed by atoms with Crippen LogP contribution in [0.1, 0.15) is 0 Å².